The molecule has 0 radical (unpaired) electrons. The molecule has 0 spiro atoms. The molecule has 0 aliphatic rings. The highest BCUT2D eigenvalue weighted by Gasteiger charge is 2.39. The maximum absolute atomic E-state index is 12.8. The minimum Gasteiger partial charge on any atom is -0.374 e. The maximum atomic E-state index is 12.8. The van der Waals surface area contributed by atoms with Crippen LogP contribution in [0.3, 0.4) is 0 Å². The average Bonchev–Trinajstić information content (AvgIpc) is 2.96. The Morgan fingerprint density at radius 1 is 0.725 bits per heavy atom. The highest BCUT2D eigenvalue weighted by atomic mass is 32.2. The van der Waals surface area contributed by atoms with E-state index in [-0.39, 0.29) is 6.03 Å². The van der Waals surface area contributed by atoms with Gasteiger partial charge in [0, 0.05) is 59.4 Å². The number of amides is 2. The standard InChI is InChI=1S/C31H42N2O4S2Si/c1-4-35-40(36-5-2,37-6-3)20-14-13-19-32-31(34)33-28-22-26(24-38-29-15-9-7-10-16-29)21-27(23-28)25-39-30-17-11-8-12-18-30/h7-12,15-18,21-23H,4-6,13-14,19-20,24-25H2,1-3H3,(H2,32,33,34). The van der Waals surface area contributed by atoms with E-state index >= 15 is 0 Å². The molecule has 9 heteroatoms. The molecule has 0 saturated carbocycles. The Bertz CT molecular complexity index is 1060. The number of hydrogen-bond donors (Lipinski definition) is 2. The number of urea groups is 1. The van der Waals surface area contributed by atoms with E-state index in [1.54, 1.807) is 23.5 Å². The van der Waals surface area contributed by atoms with Crippen LogP contribution < -0.4 is 10.6 Å². The normalized spacial score (nSPS) is 11.4. The van der Waals surface area contributed by atoms with Gasteiger partial charge in [0.15, 0.2) is 0 Å². The third kappa shape index (κ3) is 11.7. The molecule has 0 aromatic heterocycles. The summed E-state index contributed by atoms with van der Waals surface area (Å²) in [6, 6.07) is 27.7. The number of rotatable bonds is 18. The zero-order valence-corrected chi connectivity index (χ0v) is 26.5. The fraction of sp³-hybridized carbons (Fsp3) is 0.387. The summed E-state index contributed by atoms with van der Waals surface area (Å²) >= 11 is 3.59. The van der Waals surface area contributed by atoms with Crippen molar-refractivity contribution in [3.63, 3.8) is 0 Å². The van der Waals surface area contributed by atoms with Crippen LogP contribution in [0.15, 0.2) is 88.7 Å². The van der Waals surface area contributed by atoms with E-state index in [1.165, 1.54) is 20.9 Å². The number of thioether (sulfide) groups is 2. The minimum atomic E-state index is -2.64. The number of carbonyl (C=O) groups excluding carboxylic acids is 1. The van der Waals surface area contributed by atoms with Gasteiger partial charge in [-0.3, -0.25) is 0 Å². The summed E-state index contributed by atoms with van der Waals surface area (Å²) in [6.07, 6.45) is 1.68. The van der Waals surface area contributed by atoms with Gasteiger partial charge in [-0.2, -0.15) is 0 Å². The van der Waals surface area contributed by atoms with Gasteiger partial charge in [-0.25, -0.2) is 4.79 Å². The van der Waals surface area contributed by atoms with Crippen molar-refractivity contribution < 1.29 is 18.1 Å². The Morgan fingerprint density at radius 3 is 1.70 bits per heavy atom. The van der Waals surface area contributed by atoms with Gasteiger partial charge in [0.25, 0.3) is 0 Å². The van der Waals surface area contributed by atoms with Crippen molar-refractivity contribution in [3.05, 3.63) is 90.0 Å². The maximum Gasteiger partial charge on any atom is 0.500 e. The molecule has 0 aliphatic carbocycles. The number of anilines is 1. The molecule has 6 nitrogen and oxygen atoms in total. The molecular weight excluding hydrogens is 557 g/mol. The van der Waals surface area contributed by atoms with Gasteiger partial charge >= 0.3 is 14.8 Å². The van der Waals surface area contributed by atoms with Crippen LogP contribution in [-0.2, 0) is 24.8 Å². The summed E-state index contributed by atoms with van der Waals surface area (Å²) in [7, 11) is -2.64. The quantitative estimate of drug-likeness (QED) is 0.0874. The third-order valence-electron chi connectivity index (χ3n) is 5.90. The number of hydrogen-bond acceptors (Lipinski definition) is 6. The zero-order chi connectivity index (χ0) is 28.5. The molecule has 3 rings (SSSR count). The lowest BCUT2D eigenvalue weighted by molar-refractivity contribution is 0.0707. The lowest BCUT2D eigenvalue weighted by atomic mass is 10.1. The average molecular weight is 599 g/mol. The fourth-order valence-electron chi connectivity index (χ4n) is 4.21. The monoisotopic (exact) mass is 598 g/mol. The number of unbranched alkanes of at least 4 members (excludes halogenated alkanes) is 1. The summed E-state index contributed by atoms with van der Waals surface area (Å²) in [5.41, 5.74) is 3.17. The first-order valence-corrected chi connectivity index (χ1v) is 17.9. The smallest absolute Gasteiger partial charge is 0.374 e. The predicted octanol–water partition coefficient (Wildman–Crippen LogP) is 8.22. The Balaban J connectivity index is 1.56. The molecule has 0 bridgehead atoms. The third-order valence-corrected chi connectivity index (χ3v) is 11.2. The van der Waals surface area contributed by atoms with Crippen LogP contribution in [0, 0.1) is 0 Å². The molecule has 216 valence electrons. The van der Waals surface area contributed by atoms with Gasteiger partial charge in [0.05, 0.1) is 0 Å². The van der Waals surface area contributed by atoms with Crippen molar-refractivity contribution >= 4 is 44.0 Å². The molecule has 2 N–H and O–H groups in total. The van der Waals surface area contributed by atoms with Crippen molar-refractivity contribution in [1.82, 2.24) is 5.32 Å². The van der Waals surface area contributed by atoms with E-state index < -0.39 is 8.80 Å². The van der Waals surface area contributed by atoms with Crippen molar-refractivity contribution in [2.45, 2.75) is 61.0 Å². The summed E-state index contributed by atoms with van der Waals surface area (Å²) in [4.78, 5) is 15.2. The largest absolute Gasteiger partial charge is 0.500 e. The lowest BCUT2D eigenvalue weighted by Gasteiger charge is -2.28. The molecule has 0 saturated heterocycles. The molecule has 0 atom stereocenters. The first kappa shape index (κ1) is 32.2. The predicted molar refractivity (Wildman–Crippen MR) is 170 cm³/mol. The van der Waals surface area contributed by atoms with E-state index in [4.69, 9.17) is 13.3 Å². The summed E-state index contributed by atoms with van der Waals surface area (Å²) in [5.74, 6) is 1.66. The molecular formula is C31H42N2O4S2Si. The van der Waals surface area contributed by atoms with Gasteiger partial charge in [-0.05, 0) is 81.1 Å². The van der Waals surface area contributed by atoms with E-state index in [2.05, 4.69) is 77.4 Å². The Morgan fingerprint density at radius 2 is 1.23 bits per heavy atom. The molecule has 0 aliphatic heterocycles. The van der Waals surface area contributed by atoms with Crippen LogP contribution in [0.4, 0.5) is 10.5 Å². The van der Waals surface area contributed by atoms with E-state index in [9.17, 15) is 4.79 Å². The topological polar surface area (TPSA) is 68.8 Å². The van der Waals surface area contributed by atoms with Crippen molar-refractivity contribution in [2.24, 2.45) is 0 Å². The van der Waals surface area contributed by atoms with Crippen molar-refractivity contribution in [1.29, 1.82) is 0 Å². The highest BCUT2D eigenvalue weighted by molar-refractivity contribution is 7.98. The van der Waals surface area contributed by atoms with Crippen molar-refractivity contribution in [3.8, 4) is 0 Å². The van der Waals surface area contributed by atoms with Crippen LogP contribution in [0.1, 0.15) is 44.7 Å². The number of carbonyl (C=O) groups is 1. The van der Waals surface area contributed by atoms with Gasteiger partial charge in [0.1, 0.15) is 0 Å². The van der Waals surface area contributed by atoms with Crippen LogP contribution in [-0.4, -0.2) is 41.2 Å². The Kier molecular flexibility index (Phi) is 14.7. The van der Waals surface area contributed by atoms with E-state index in [0.29, 0.717) is 26.4 Å². The Labute approximate surface area is 249 Å². The minimum absolute atomic E-state index is 0.197. The molecule has 0 unspecified atom stereocenters. The number of nitrogens with one attached hydrogen (secondary N) is 2. The van der Waals surface area contributed by atoms with E-state index in [0.717, 1.165) is 36.1 Å². The second-order valence-corrected chi connectivity index (χ2v) is 13.9. The van der Waals surface area contributed by atoms with Crippen LogP contribution in [0.25, 0.3) is 0 Å². The zero-order valence-electron chi connectivity index (χ0n) is 23.8. The summed E-state index contributed by atoms with van der Waals surface area (Å²) in [6.45, 7) is 8.18. The number of benzene rings is 3. The second kappa shape index (κ2) is 18.2. The lowest BCUT2D eigenvalue weighted by Crippen LogP contribution is -2.46. The summed E-state index contributed by atoms with van der Waals surface area (Å²) < 4.78 is 17.8. The van der Waals surface area contributed by atoms with Gasteiger partial charge < -0.3 is 23.9 Å². The first-order valence-electron chi connectivity index (χ1n) is 14.0. The summed E-state index contributed by atoms with van der Waals surface area (Å²) in [5, 5.41) is 6.05. The molecule has 0 fully saturated rings. The van der Waals surface area contributed by atoms with Crippen molar-refractivity contribution in [2.75, 3.05) is 31.7 Å². The molecule has 2 amide bonds. The second-order valence-electron chi connectivity index (χ2n) is 9.06. The van der Waals surface area contributed by atoms with Crippen LogP contribution in [0.5, 0.6) is 0 Å². The van der Waals surface area contributed by atoms with Gasteiger partial charge in [-0.15, -0.1) is 23.5 Å². The molecule has 0 heterocycles. The highest BCUT2D eigenvalue weighted by Crippen LogP contribution is 2.28. The molecule has 3 aromatic rings. The molecule has 40 heavy (non-hydrogen) atoms. The van der Waals surface area contributed by atoms with Crippen LogP contribution in [0.2, 0.25) is 6.04 Å². The Hall–Kier alpha value is -2.27. The molecule has 3 aromatic carbocycles. The first-order chi connectivity index (χ1) is 19.6. The van der Waals surface area contributed by atoms with E-state index in [1.807, 2.05) is 32.9 Å². The SMILES string of the molecule is CCO[Si](CCCCNC(=O)Nc1cc(CSc2ccccc2)cc(CSc2ccccc2)c1)(OCC)OCC. The van der Waals surface area contributed by atoms with Crippen LogP contribution >= 0.6 is 23.5 Å². The van der Waals surface area contributed by atoms with Gasteiger partial charge in [0.2, 0.25) is 0 Å². The fourth-order valence-corrected chi connectivity index (χ4v) is 8.60. The van der Waals surface area contributed by atoms with Gasteiger partial charge in [-0.1, -0.05) is 42.5 Å².